The molecule has 1 saturated heterocycles. The first-order valence-electron chi connectivity index (χ1n) is 15.9. The second kappa shape index (κ2) is 13.5. The summed E-state index contributed by atoms with van der Waals surface area (Å²) >= 11 is 0. The Labute approximate surface area is 270 Å². The highest BCUT2D eigenvalue weighted by Crippen LogP contribution is 2.40. The number of ether oxygens (including phenoxy) is 3. The van der Waals surface area contributed by atoms with Crippen molar-refractivity contribution in [3.63, 3.8) is 0 Å². The Morgan fingerprint density at radius 1 is 0.936 bits per heavy atom. The molecule has 3 amide bonds. The zero-order valence-corrected chi connectivity index (χ0v) is 26.1. The Morgan fingerprint density at radius 3 is 2.47 bits per heavy atom. The van der Waals surface area contributed by atoms with Crippen LogP contribution in [0.5, 0.6) is 17.2 Å². The highest BCUT2D eigenvalue weighted by Gasteiger charge is 2.51. The van der Waals surface area contributed by atoms with E-state index in [1.54, 1.807) is 24.3 Å². The first kappa shape index (κ1) is 32.2. The average Bonchev–Trinajstić information content (AvgIpc) is 3.33. The number of carbonyl (C=O) groups excluding carboxylic acids is 2. The number of amides is 3. The van der Waals surface area contributed by atoms with Crippen molar-refractivity contribution in [2.75, 3.05) is 26.4 Å². The Hall–Kier alpha value is -4.80. The van der Waals surface area contributed by atoms with Crippen molar-refractivity contribution in [1.82, 2.24) is 15.2 Å². The number of hydrogen-bond donors (Lipinski definition) is 1. The van der Waals surface area contributed by atoms with E-state index in [1.165, 1.54) is 17.2 Å². The predicted octanol–water partition coefficient (Wildman–Crippen LogP) is 7.41. The van der Waals surface area contributed by atoms with Gasteiger partial charge in [-0.05, 0) is 54.7 Å². The molecule has 0 spiro atoms. The Bertz CT molecular complexity index is 1760. The smallest absolute Gasteiger partial charge is 0.418 e. The Balaban J connectivity index is 1.07. The number of aromatic nitrogens is 1. The summed E-state index contributed by atoms with van der Waals surface area (Å²) in [7, 11) is 0. The summed E-state index contributed by atoms with van der Waals surface area (Å²) in [5.74, 6) is 1.27. The number of alkyl halides is 3. The molecular weight excluding hydrogens is 611 g/mol. The quantitative estimate of drug-likeness (QED) is 0.127. The summed E-state index contributed by atoms with van der Waals surface area (Å²) in [5, 5.41) is 3.24. The average molecular weight is 648 g/mol. The SMILES string of the molecule is CCC1(c2ccc3c(c2)OCCO3)NC(=O)N(CCCCCCOc2c(Cc3ccccc3)cnc3c(C(F)(F)F)cccc23)C1=O. The number of fused-ring (bicyclic) bond motifs is 2. The van der Waals surface area contributed by atoms with Gasteiger partial charge in [-0.2, -0.15) is 13.2 Å². The number of halogens is 3. The van der Waals surface area contributed by atoms with Gasteiger partial charge >= 0.3 is 12.2 Å². The zero-order chi connectivity index (χ0) is 33.0. The number of benzene rings is 3. The van der Waals surface area contributed by atoms with Crippen molar-refractivity contribution in [1.29, 1.82) is 0 Å². The largest absolute Gasteiger partial charge is 0.493 e. The van der Waals surface area contributed by atoms with E-state index in [2.05, 4.69) is 10.3 Å². The maximum atomic E-state index is 13.8. The van der Waals surface area contributed by atoms with Gasteiger partial charge < -0.3 is 19.5 Å². The lowest BCUT2D eigenvalue weighted by atomic mass is 9.87. The highest BCUT2D eigenvalue weighted by molar-refractivity contribution is 6.07. The molecule has 6 rings (SSSR count). The molecule has 1 atom stereocenters. The van der Waals surface area contributed by atoms with Crippen LogP contribution in [0.2, 0.25) is 0 Å². The van der Waals surface area contributed by atoms with Gasteiger partial charge in [0.05, 0.1) is 17.7 Å². The molecule has 0 aliphatic carbocycles. The fourth-order valence-corrected chi connectivity index (χ4v) is 6.26. The third kappa shape index (κ3) is 6.57. The number of hydrogen-bond acceptors (Lipinski definition) is 6. The molecular formula is C36H36F3N3O5. The van der Waals surface area contributed by atoms with Crippen molar-refractivity contribution < 1.29 is 37.0 Å². The lowest BCUT2D eigenvalue weighted by Gasteiger charge is -2.27. The van der Waals surface area contributed by atoms with Gasteiger partial charge in [0.25, 0.3) is 5.91 Å². The molecule has 246 valence electrons. The van der Waals surface area contributed by atoms with E-state index in [0.717, 1.165) is 24.5 Å². The normalized spacial score (nSPS) is 17.7. The topological polar surface area (TPSA) is 90.0 Å². The van der Waals surface area contributed by atoms with Gasteiger partial charge in [-0.25, -0.2) is 4.79 Å². The van der Waals surface area contributed by atoms with Gasteiger partial charge in [-0.3, -0.25) is 14.7 Å². The van der Waals surface area contributed by atoms with Crippen LogP contribution < -0.4 is 19.5 Å². The highest BCUT2D eigenvalue weighted by atomic mass is 19.4. The molecule has 1 fully saturated rings. The molecule has 1 N–H and O–H groups in total. The second-order valence-corrected chi connectivity index (χ2v) is 11.7. The molecule has 1 aromatic heterocycles. The summed E-state index contributed by atoms with van der Waals surface area (Å²) in [6.45, 7) is 3.30. The first-order chi connectivity index (χ1) is 22.7. The van der Waals surface area contributed by atoms with Crippen LogP contribution >= 0.6 is 0 Å². The van der Waals surface area contributed by atoms with Crippen molar-refractivity contribution in [2.24, 2.45) is 0 Å². The third-order valence-electron chi connectivity index (χ3n) is 8.73. The van der Waals surface area contributed by atoms with E-state index < -0.39 is 23.3 Å². The van der Waals surface area contributed by atoms with Gasteiger partial charge in [0, 0.05) is 30.1 Å². The standard InChI is InChI=1S/C36H36F3N3O5/c1-2-35(26-15-16-29-30(22-26)46-20-19-45-29)33(43)42(34(44)41-35)17-8-3-4-9-18-47-32-25(21-24-11-6-5-7-12-24)23-40-31-27(32)13-10-14-28(31)36(37,38)39/h5-7,10-16,22-23H,2-4,8-9,17-21H2,1H3,(H,41,44). The number of nitrogens with zero attached hydrogens (tertiary/aromatic N) is 2. The minimum absolute atomic E-state index is 0.139. The molecule has 2 aliphatic rings. The number of nitrogens with one attached hydrogen (secondary N) is 1. The maximum absolute atomic E-state index is 13.8. The number of unbranched alkanes of at least 4 members (excludes halogenated alkanes) is 3. The van der Waals surface area contributed by atoms with Gasteiger partial charge in [0.15, 0.2) is 11.5 Å². The fourth-order valence-electron chi connectivity index (χ4n) is 6.26. The van der Waals surface area contributed by atoms with Crippen LogP contribution in [0.15, 0.2) is 72.9 Å². The number of urea groups is 1. The number of rotatable bonds is 12. The van der Waals surface area contributed by atoms with Crippen molar-refractivity contribution in [3.05, 3.63) is 95.2 Å². The maximum Gasteiger partial charge on any atom is 0.418 e. The van der Waals surface area contributed by atoms with Crippen LogP contribution in [-0.2, 0) is 22.9 Å². The molecule has 0 saturated carbocycles. The summed E-state index contributed by atoms with van der Waals surface area (Å²) in [5.41, 5.74) is 0.246. The monoisotopic (exact) mass is 647 g/mol. The van der Waals surface area contributed by atoms with Crippen molar-refractivity contribution in [3.8, 4) is 17.2 Å². The zero-order valence-electron chi connectivity index (χ0n) is 26.1. The molecule has 8 nitrogen and oxygen atoms in total. The molecule has 2 aliphatic heterocycles. The minimum atomic E-state index is -4.54. The van der Waals surface area contributed by atoms with Crippen LogP contribution in [0.4, 0.5) is 18.0 Å². The number of imide groups is 1. The molecule has 3 heterocycles. The van der Waals surface area contributed by atoms with Gasteiger partial charge in [0.1, 0.15) is 24.5 Å². The number of pyridine rings is 1. The minimum Gasteiger partial charge on any atom is -0.493 e. The predicted molar refractivity (Wildman–Crippen MR) is 170 cm³/mol. The van der Waals surface area contributed by atoms with Crippen LogP contribution in [0.3, 0.4) is 0 Å². The van der Waals surface area contributed by atoms with E-state index in [1.807, 2.05) is 37.3 Å². The van der Waals surface area contributed by atoms with Gasteiger partial charge in [0.2, 0.25) is 0 Å². The van der Waals surface area contributed by atoms with E-state index in [0.29, 0.717) is 79.3 Å². The summed E-state index contributed by atoms with van der Waals surface area (Å²) in [6, 6.07) is 18.5. The van der Waals surface area contributed by atoms with E-state index in [4.69, 9.17) is 14.2 Å². The van der Waals surface area contributed by atoms with Crippen molar-refractivity contribution in [2.45, 2.75) is 57.2 Å². The third-order valence-corrected chi connectivity index (χ3v) is 8.73. The summed E-state index contributed by atoms with van der Waals surface area (Å²) < 4.78 is 58.7. The molecule has 47 heavy (non-hydrogen) atoms. The molecule has 0 radical (unpaired) electrons. The molecule has 0 bridgehead atoms. The fraction of sp³-hybridized carbons (Fsp3) is 0.361. The Morgan fingerprint density at radius 2 is 1.70 bits per heavy atom. The molecule has 3 aromatic carbocycles. The summed E-state index contributed by atoms with van der Waals surface area (Å²) in [4.78, 5) is 32.0. The van der Waals surface area contributed by atoms with Crippen LogP contribution in [0.25, 0.3) is 10.9 Å². The number of carbonyl (C=O) groups is 2. The van der Waals surface area contributed by atoms with Crippen LogP contribution in [0, 0.1) is 0 Å². The lowest BCUT2D eigenvalue weighted by Crippen LogP contribution is -2.43. The van der Waals surface area contributed by atoms with Crippen LogP contribution in [-0.4, -0.2) is 48.2 Å². The van der Waals surface area contributed by atoms with Crippen molar-refractivity contribution >= 4 is 22.8 Å². The van der Waals surface area contributed by atoms with Gasteiger partial charge in [-0.15, -0.1) is 0 Å². The first-order valence-corrected chi connectivity index (χ1v) is 15.9. The molecule has 1 unspecified atom stereocenters. The molecule has 4 aromatic rings. The van der Waals surface area contributed by atoms with Gasteiger partial charge in [-0.1, -0.05) is 62.2 Å². The van der Waals surface area contributed by atoms with E-state index in [-0.39, 0.29) is 18.0 Å². The van der Waals surface area contributed by atoms with Crippen LogP contribution in [0.1, 0.15) is 61.3 Å². The van der Waals surface area contributed by atoms with E-state index in [9.17, 15) is 22.8 Å². The summed E-state index contributed by atoms with van der Waals surface area (Å²) in [6.07, 6.45) is 0.498. The Kier molecular flexibility index (Phi) is 9.24. The second-order valence-electron chi connectivity index (χ2n) is 11.7. The number of para-hydroxylation sites is 1. The lowest BCUT2D eigenvalue weighted by molar-refractivity contribution is -0.136. The molecule has 11 heteroatoms. The van der Waals surface area contributed by atoms with E-state index >= 15 is 0 Å².